The first-order valence-electron chi connectivity index (χ1n) is 6.69. The minimum atomic E-state index is -1.03. The maximum atomic E-state index is 12.4. The van der Waals surface area contributed by atoms with Crippen molar-refractivity contribution in [1.29, 1.82) is 0 Å². The normalized spacial score (nSPS) is 23.4. The van der Waals surface area contributed by atoms with E-state index in [1.165, 1.54) is 22.9 Å². The van der Waals surface area contributed by atoms with E-state index in [2.05, 4.69) is 0 Å². The largest absolute Gasteiger partial charge is 0.500 e. The van der Waals surface area contributed by atoms with Gasteiger partial charge in [-0.1, -0.05) is 11.8 Å². The summed E-state index contributed by atoms with van der Waals surface area (Å²) in [4.78, 5) is 26.5. The Morgan fingerprint density at radius 1 is 1.33 bits per heavy atom. The van der Waals surface area contributed by atoms with Gasteiger partial charge in [-0.25, -0.2) is 4.79 Å². The highest BCUT2D eigenvalue weighted by molar-refractivity contribution is 8.06. The molecule has 0 radical (unpaired) electrons. The van der Waals surface area contributed by atoms with Crippen LogP contribution in [0.5, 0.6) is 0 Å². The van der Waals surface area contributed by atoms with Gasteiger partial charge in [-0.3, -0.25) is 4.79 Å². The van der Waals surface area contributed by atoms with E-state index in [1.807, 2.05) is 6.92 Å². The second-order valence-electron chi connectivity index (χ2n) is 4.78. The van der Waals surface area contributed by atoms with Crippen molar-refractivity contribution < 1.29 is 19.1 Å². The Labute approximate surface area is 129 Å². The second kappa shape index (κ2) is 6.89. The van der Waals surface area contributed by atoms with E-state index in [9.17, 15) is 9.59 Å². The topological polar surface area (TPSA) is 81.9 Å². The predicted octanol–water partition coefficient (Wildman–Crippen LogP) is 1.23. The van der Waals surface area contributed by atoms with E-state index in [0.29, 0.717) is 11.5 Å². The lowest BCUT2D eigenvalue weighted by molar-refractivity contribution is -0.138. The van der Waals surface area contributed by atoms with Crippen molar-refractivity contribution in [1.82, 2.24) is 4.90 Å². The summed E-state index contributed by atoms with van der Waals surface area (Å²) in [5.74, 6) is -0.726. The van der Waals surface area contributed by atoms with Gasteiger partial charge in [-0.2, -0.15) is 0 Å². The van der Waals surface area contributed by atoms with Gasteiger partial charge in [-0.05, 0) is 20.8 Å². The van der Waals surface area contributed by atoms with Gasteiger partial charge < -0.3 is 20.1 Å². The average Bonchev–Trinajstić information content (AvgIpc) is 2.68. The number of hydrogen-bond acceptors (Lipinski definition) is 6. The number of ether oxygens (including phenoxy) is 2. The Bertz CT molecular complexity index is 499. The maximum absolute atomic E-state index is 12.4. The molecule has 0 aromatic heterocycles. The highest BCUT2D eigenvalue weighted by Crippen LogP contribution is 2.49. The number of hydrogen-bond donors (Lipinski definition) is 1. The van der Waals surface area contributed by atoms with Gasteiger partial charge >= 0.3 is 5.97 Å². The van der Waals surface area contributed by atoms with Gasteiger partial charge in [0.05, 0.1) is 35.7 Å². The second-order valence-corrected chi connectivity index (χ2v) is 6.24. The molecule has 118 valence electrons. The van der Waals surface area contributed by atoms with Crippen LogP contribution in [0.3, 0.4) is 0 Å². The molecule has 0 bridgehead atoms. The minimum absolute atomic E-state index is 0.188. The average molecular weight is 314 g/mol. The summed E-state index contributed by atoms with van der Waals surface area (Å²) >= 11 is 1.20. The zero-order valence-electron chi connectivity index (χ0n) is 13.1. The number of nitrogens with zero attached hydrogens (tertiary/aromatic N) is 1. The third kappa shape index (κ3) is 3.34. The molecule has 1 amide bonds. The number of carbonyl (C=O) groups excluding carboxylic acids is 2. The zero-order valence-corrected chi connectivity index (χ0v) is 13.9. The standard InChI is InChI=1S/C14H22N2O4S/c1-6-19-8-9-10(12(17)20-7-2)11(15)14(3,21-9)13(18)16(4)5/h8H,6-7,15H2,1-5H3. The van der Waals surface area contributed by atoms with Crippen LogP contribution in [0, 0.1) is 0 Å². The van der Waals surface area contributed by atoms with Crippen LogP contribution in [0.15, 0.2) is 22.4 Å². The van der Waals surface area contributed by atoms with Gasteiger partial charge in [0.2, 0.25) is 5.91 Å². The van der Waals surface area contributed by atoms with Crippen LogP contribution in [-0.4, -0.2) is 48.8 Å². The lowest BCUT2D eigenvalue weighted by atomic mass is 10.0. The van der Waals surface area contributed by atoms with Crippen LogP contribution in [0.4, 0.5) is 0 Å². The van der Waals surface area contributed by atoms with Crippen molar-refractivity contribution in [3.05, 3.63) is 22.4 Å². The molecule has 2 N–H and O–H groups in total. The molecule has 0 saturated carbocycles. The Balaban J connectivity index is 3.30. The monoisotopic (exact) mass is 314 g/mol. The lowest BCUT2D eigenvalue weighted by Gasteiger charge is -2.26. The molecule has 1 unspecified atom stereocenters. The molecule has 0 aliphatic carbocycles. The first-order valence-corrected chi connectivity index (χ1v) is 7.51. The van der Waals surface area contributed by atoms with Crippen molar-refractivity contribution in [3.63, 3.8) is 0 Å². The molecule has 1 aliphatic rings. The summed E-state index contributed by atoms with van der Waals surface area (Å²) < 4.78 is 9.25. The number of thioether (sulfide) groups is 1. The van der Waals surface area contributed by atoms with E-state index in [4.69, 9.17) is 15.2 Å². The molecular weight excluding hydrogens is 292 g/mol. The fourth-order valence-corrected chi connectivity index (χ4v) is 3.27. The molecule has 1 atom stereocenters. The summed E-state index contributed by atoms with van der Waals surface area (Å²) in [6.07, 6.45) is 1.46. The Hall–Kier alpha value is -1.63. The first kappa shape index (κ1) is 17.4. The maximum Gasteiger partial charge on any atom is 0.341 e. The third-order valence-electron chi connectivity index (χ3n) is 2.99. The highest BCUT2D eigenvalue weighted by Gasteiger charge is 2.48. The van der Waals surface area contributed by atoms with Crippen LogP contribution in [0.1, 0.15) is 20.8 Å². The minimum Gasteiger partial charge on any atom is -0.500 e. The van der Waals surface area contributed by atoms with Crippen LogP contribution >= 0.6 is 11.8 Å². The molecule has 21 heavy (non-hydrogen) atoms. The van der Waals surface area contributed by atoms with Crippen molar-refractivity contribution in [2.24, 2.45) is 5.73 Å². The SMILES string of the molecule is CCOC=C1SC(C)(C(=O)N(C)C)C(N)=C1C(=O)OCC. The Morgan fingerprint density at radius 3 is 2.43 bits per heavy atom. The highest BCUT2D eigenvalue weighted by atomic mass is 32.2. The van der Waals surface area contributed by atoms with Gasteiger partial charge in [0.15, 0.2) is 0 Å². The Morgan fingerprint density at radius 2 is 1.95 bits per heavy atom. The molecule has 1 heterocycles. The van der Waals surface area contributed by atoms with E-state index in [1.54, 1.807) is 27.9 Å². The third-order valence-corrected chi connectivity index (χ3v) is 4.32. The van der Waals surface area contributed by atoms with Crippen LogP contribution < -0.4 is 5.73 Å². The fourth-order valence-electron chi connectivity index (χ4n) is 1.94. The van der Waals surface area contributed by atoms with Crippen molar-refractivity contribution >= 4 is 23.6 Å². The Kier molecular flexibility index (Phi) is 5.71. The number of nitrogens with two attached hydrogens (primary N) is 1. The van der Waals surface area contributed by atoms with Gasteiger partial charge in [-0.15, -0.1) is 0 Å². The zero-order chi connectivity index (χ0) is 16.2. The van der Waals surface area contributed by atoms with Gasteiger partial charge in [0.1, 0.15) is 4.75 Å². The molecule has 0 aromatic rings. The van der Waals surface area contributed by atoms with Crippen molar-refractivity contribution in [2.75, 3.05) is 27.3 Å². The number of carbonyl (C=O) groups is 2. The number of esters is 1. The predicted molar refractivity (Wildman–Crippen MR) is 82.2 cm³/mol. The molecule has 0 spiro atoms. The van der Waals surface area contributed by atoms with E-state index < -0.39 is 10.7 Å². The van der Waals surface area contributed by atoms with Crippen LogP contribution in [0.2, 0.25) is 0 Å². The van der Waals surface area contributed by atoms with Crippen LogP contribution in [-0.2, 0) is 19.1 Å². The molecule has 1 aliphatic heterocycles. The molecule has 0 fully saturated rings. The molecule has 0 saturated heterocycles. The van der Waals surface area contributed by atoms with Gasteiger partial charge in [0, 0.05) is 14.1 Å². The van der Waals surface area contributed by atoms with Crippen molar-refractivity contribution in [3.8, 4) is 0 Å². The molecule has 6 nitrogen and oxygen atoms in total. The number of amides is 1. The van der Waals surface area contributed by atoms with Crippen molar-refractivity contribution in [2.45, 2.75) is 25.5 Å². The van der Waals surface area contributed by atoms with E-state index in [0.717, 1.165) is 0 Å². The molecule has 1 rings (SSSR count). The van der Waals surface area contributed by atoms with E-state index >= 15 is 0 Å². The molecule has 0 aromatic carbocycles. The van der Waals surface area contributed by atoms with Crippen LogP contribution in [0.25, 0.3) is 0 Å². The number of rotatable bonds is 5. The van der Waals surface area contributed by atoms with E-state index in [-0.39, 0.29) is 23.8 Å². The lowest BCUT2D eigenvalue weighted by Crippen LogP contribution is -2.43. The first-order chi connectivity index (χ1) is 9.79. The molecular formula is C14H22N2O4S. The summed E-state index contributed by atoms with van der Waals surface area (Å²) in [5.41, 5.74) is 6.52. The quantitative estimate of drug-likeness (QED) is 0.607. The smallest absolute Gasteiger partial charge is 0.341 e. The van der Waals surface area contributed by atoms with Gasteiger partial charge in [0.25, 0.3) is 0 Å². The summed E-state index contributed by atoms with van der Waals surface area (Å²) in [6, 6.07) is 0. The summed E-state index contributed by atoms with van der Waals surface area (Å²) in [5, 5.41) is 0. The summed E-state index contributed by atoms with van der Waals surface area (Å²) in [6.45, 7) is 5.94. The summed E-state index contributed by atoms with van der Waals surface area (Å²) in [7, 11) is 3.30. The fraction of sp³-hybridized carbons (Fsp3) is 0.571. The molecule has 7 heteroatoms.